The lowest BCUT2D eigenvalue weighted by Crippen LogP contribution is -2.22. The van der Waals surface area contributed by atoms with E-state index in [4.69, 9.17) is 4.74 Å². The van der Waals surface area contributed by atoms with Crippen molar-refractivity contribution in [2.45, 2.75) is 32.2 Å². The molecule has 0 atom stereocenters. The molecule has 0 aliphatic heterocycles. The van der Waals surface area contributed by atoms with E-state index in [9.17, 15) is 13.2 Å². The Balaban J connectivity index is 1.75. The van der Waals surface area contributed by atoms with E-state index in [1.807, 2.05) is 31.2 Å². The Kier molecular flexibility index (Phi) is 6.42. The fourth-order valence-corrected chi connectivity index (χ4v) is 5.37. The first-order valence-corrected chi connectivity index (χ1v) is 11.5. The average Bonchev–Trinajstić information content (AvgIpc) is 3.05. The van der Waals surface area contributed by atoms with Gasteiger partial charge in [0.25, 0.3) is 15.9 Å². The summed E-state index contributed by atoms with van der Waals surface area (Å²) < 4.78 is 33.3. The summed E-state index contributed by atoms with van der Waals surface area (Å²) in [6.07, 6.45) is 0. The number of anilines is 1. The van der Waals surface area contributed by atoms with E-state index in [2.05, 4.69) is 15.0 Å². The Hall–Kier alpha value is -2.91. The van der Waals surface area contributed by atoms with Crippen LogP contribution in [-0.4, -0.2) is 26.4 Å². The number of amides is 1. The van der Waals surface area contributed by atoms with Crippen LogP contribution in [0, 0.1) is 20.8 Å². The van der Waals surface area contributed by atoms with Crippen LogP contribution in [0.3, 0.4) is 0 Å². The van der Waals surface area contributed by atoms with Crippen molar-refractivity contribution in [2.24, 2.45) is 0 Å². The first-order valence-electron chi connectivity index (χ1n) is 9.19. The predicted molar refractivity (Wildman–Crippen MR) is 118 cm³/mol. The van der Waals surface area contributed by atoms with Crippen molar-refractivity contribution in [3.8, 4) is 5.75 Å². The Bertz CT molecular complexity index is 1190. The van der Waals surface area contributed by atoms with E-state index in [1.165, 1.54) is 0 Å². The summed E-state index contributed by atoms with van der Waals surface area (Å²) in [6, 6.07) is 12.5. The normalized spacial score (nSPS) is 11.2. The minimum absolute atomic E-state index is 0.148. The molecular weight excluding hydrogens is 422 g/mol. The smallest absolute Gasteiger partial charge is 0.263 e. The van der Waals surface area contributed by atoms with Gasteiger partial charge in [-0.25, -0.2) is 13.4 Å². The molecule has 3 aromatic rings. The highest BCUT2D eigenvalue weighted by molar-refractivity contribution is 7.93. The number of hydrogen-bond donors (Lipinski definition) is 2. The van der Waals surface area contributed by atoms with Crippen LogP contribution in [0.4, 0.5) is 5.13 Å². The molecule has 0 saturated heterocycles. The summed E-state index contributed by atoms with van der Waals surface area (Å²) in [4.78, 5) is 17.4. The highest BCUT2D eigenvalue weighted by Crippen LogP contribution is 2.26. The second kappa shape index (κ2) is 8.85. The van der Waals surface area contributed by atoms with E-state index in [-0.39, 0.29) is 22.5 Å². The highest BCUT2D eigenvalue weighted by atomic mass is 32.2. The summed E-state index contributed by atoms with van der Waals surface area (Å²) >= 11 is 0.999. The van der Waals surface area contributed by atoms with Gasteiger partial charge in [-0.3, -0.25) is 9.52 Å². The fourth-order valence-electron chi connectivity index (χ4n) is 3.03. The van der Waals surface area contributed by atoms with Gasteiger partial charge in [-0.05, 0) is 38.5 Å². The zero-order chi connectivity index (χ0) is 21.9. The van der Waals surface area contributed by atoms with Gasteiger partial charge in [0.05, 0.1) is 17.7 Å². The number of para-hydroxylation sites is 1. The monoisotopic (exact) mass is 445 g/mol. The van der Waals surface area contributed by atoms with Gasteiger partial charge in [0.15, 0.2) is 5.13 Å². The van der Waals surface area contributed by atoms with E-state index in [1.54, 1.807) is 39.2 Å². The van der Waals surface area contributed by atoms with E-state index in [0.717, 1.165) is 22.5 Å². The molecule has 1 amide bonds. The first kappa shape index (κ1) is 21.8. The number of ether oxygens (including phenoxy) is 1. The zero-order valence-corrected chi connectivity index (χ0v) is 18.8. The van der Waals surface area contributed by atoms with Crippen molar-refractivity contribution in [1.29, 1.82) is 0 Å². The molecule has 2 N–H and O–H groups in total. The van der Waals surface area contributed by atoms with Gasteiger partial charge in [0, 0.05) is 12.1 Å². The maximum absolute atomic E-state index is 12.7. The lowest BCUT2D eigenvalue weighted by molar-refractivity contribution is 0.0954. The number of carbonyl (C=O) groups excluding carboxylic acids is 1. The van der Waals surface area contributed by atoms with Crippen LogP contribution in [-0.2, 0) is 16.6 Å². The summed E-state index contributed by atoms with van der Waals surface area (Å²) in [5.41, 5.74) is 2.92. The number of nitrogens with zero attached hydrogens (tertiary/aromatic N) is 1. The van der Waals surface area contributed by atoms with Gasteiger partial charge in [0.1, 0.15) is 10.6 Å². The van der Waals surface area contributed by atoms with Crippen LogP contribution >= 0.6 is 11.3 Å². The molecule has 0 aliphatic rings. The summed E-state index contributed by atoms with van der Waals surface area (Å²) in [5.74, 6) is 0.355. The lowest BCUT2D eigenvalue weighted by Gasteiger charge is -2.09. The number of rotatable bonds is 7. The molecular formula is C21H23N3O4S2. The molecule has 0 aliphatic carbocycles. The third kappa shape index (κ3) is 4.80. The number of carbonyl (C=O) groups is 1. The maximum atomic E-state index is 12.7. The third-order valence-corrected chi connectivity index (χ3v) is 7.18. The SMILES string of the molecule is COc1ccccc1CNC(=O)c1sc(NS(=O)(=O)c2ccc(C)cc2C)nc1C. The van der Waals surface area contributed by atoms with Crippen LogP contribution in [0.1, 0.15) is 32.1 Å². The van der Waals surface area contributed by atoms with E-state index < -0.39 is 10.0 Å². The number of sulfonamides is 1. The van der Waals surface area contributed by atoms with Crippen molar-refractivity contribution in [2.75, 3.05) is 11.8 Å². The Morgan fingerprint density at radius 1 is 1.13 bits per heavy atom. The molecule has 0 bridgehead atoms. The molecule has 9 heteroatoms. The number of thiazole rings is 1. The minimum Gasteiger partial charge on any atom is -0.496 e. The molecule has 158 valence electrons. The predicted octanol–water partition coefficient (Wildman–Crippen LogP) is 3.81. The van der Waals surface area contributed by atoms with Crippen molar-refractivity contribution >= 4 is 32.4 Å². The zero-order valence-electron chi connectivity index (χ0n) is 17.1. The van der Waals surface area contributed by atoms with Gasteiger partial charge in [-0.15, -0.1) is 0 Å². The summed E-state index contributed by atoms with van der Waals surface area (Å²) in [5, 5.41) is 2.98. The Morgan fingerprint density at radius 3 is 2.57 bits per heavy atom. The van der Waals surface area contributed by atoms with Crippen LogP contribution in [0.2, 0.25) is 0 Å². The second-order valence-corrected chi connectivity index (χ2v) is 9.45. The number of nitrogens with one attached hydrogen (secondary N) is 2. The van der Waals surface area contributed by atoms with Crippen molar-refractivity contribution in [3.05, 3.63) is 69.7 Å². The largest absolute Gasteiger partial charge is 0.496 e. The lowest BCUT2D eigenvalue weighted by atomic mass is 10.2. The fraction of sp³-hybridized carbons (Fsp3) is 0.238. The van der Waals surface area contributed by atoms with Crippen LogP contribution < -0.4 is 14.8 Å². The van der Waals surface area contributed by atoms with Crippen LogP contribution in [0.15, 0.2) is 47.4 Å². The summed E-state index contributed by atoms with van der Waals surface area (Å²) in [7, 11) is -2.23. The molecule has 0 radical (unpaired) electrons. The molecule has 7 nitrogen and oxygen atoms in total. The van der Waals surface area contributed by atoms with Crippen LogP contribution in [0.25, 0.3) is 0 Å². The molecule has 0 saturated carbocycles. The summed E-state index contributed by atoms with van der Waals surface area (Å²) in [6.45, 7) is 5.59. The van der Waals surface area contributed by atoms with Crippen molar-refractivity contribution in [1.82, 2.24) is 10.3 Å². The van der Waals surface area contributed by atoms with Gasteiger partial charge in [-0.1, -0.05) is 47.2 Å². The molecule has 0 spiro atoms. The van der Waals surface area contributed by atoms with Gasteiger partial charge < -0.3 is 10.1 Å². The van der Waals surface area contributed by atoms with Gasteiger partial charge in [0.2, 0.25) is 0 Å². The number of aryl methyl sites for hydroxylation is 3. The molecule has 2 aromatic carbocycles. The molecule has 0 fully saturated rings. The Labute approximate surface area is 180 Å². The highest BCUT2D eigenvalue weighted by Gasteiger charge is 2.21. The van der Waals surface area contributed by atoms with Gasteiger partial charge in [-0.2, -0.15) is 0 Å². The maximum Gasteiger partial charge on any atom is 0.263 e. The van der Waals surface area contributed by atoms with Crippen molar-refractivity contribution < 1.29 is 17.9 Å². The quantitative estimate of drug-likeness (QED) is 0.576. The number of hydrogen-bond acceptors (Lipinski definition) is 6. The van der Waals surface area contributed by atoms with Crippen molar-refractivity contribution in [3.63, 3.8) is 0 Å². The number of benzene rings is 2. The standard InChI is InChI=1S/C21H23N3O4S2/c1-13-9-10-18(14(2)11-13)30(26,27)24-21-23-15(3)19(29-21)20(25)22-12-16-7-5-6-8-17(16)28-4/h5-11H,12H2,1-4H3,(H,22,25)(H,23,24). The van der Waals surface area contributed by atoms with Gasteiger partial charge >= 0.3 is 0 Å². The molecule has 30 heavy (non-hydrogen) atoms. The Morgan fingerprint density at radius 2 is 1.87 bits per heavy atom. The molecule has 0 unspecified atom stereocenters. The minimum atomic E-state index is -3.80. The van der Waals surface area contributed by atoms with Crippen LogP contribution in [0.5, 0.6) is 5.75 Å². The first-order chi connectivity index (χ1) is 14.2. The number of methoxy groups -OCH3 is 1. The van der Waals surface area contributed by atoms with E-state index in [0.29, 0.717) is 21.9 Å². The molecule has 1 aromatic heterocycles. The topological polar surface area (TPSA) is 97.4 Å². The third-order valence-electron chi connectivity index (χ3n) is 4.48. The van der Waals surface area contributed by atoms with E-state index >= 15 is 0 Å². The second-order valence-electron chi connectivity index (χ2n) is 6.80. The average molecular weight is 446 g/mol. The molecule has 1 heterocycles. The molecule has 3 rings (SSSR count). The number of aromatic nitrogens is 1.